The number of hydrogen-bond donors (Lipinski definition) is 2. The fourth-order valence-corrected chi connectivity index (χ4v) is 1.54. The van der Waals surface area contributed by atoms with E-state index in [4.69, 9.17) is 10.5 Å². The summed E-state index contributed by atoms with van der Waals surface area (Å²) in [6.07, 6.45) is 1.04. The Balaban J connectivity index is 0.00000324. The molecule has 1 aromatic carbocycles. The van der Waals surface area contributed by atoms with Crippen molar-refractivity contribution in [2.75, 3.05) is 13.2 Å². The van der Waals surface area contributed by atoms with E-state index in [1.165, 1.54) is 5.56 Å². The normalized spacial score (nSPS) is 10.9. The molecule has 0 radical (unpaired) electrons. The van der Waals surface area contributed by atoms with E-state index in [0.717, 1.165) is 25.1 Å². The third kappa shape index (κ3) is 7.37. The van der Waals surface area contributed by atoms with E-state index in [-0.39, 0.29) is 24.0 Å². The molecule has 0 fully saturated rings. The van der Waals surface area contributed by atoms with Crippen molar-refractivity contribution in [3.8, 4) is 0 Å². The summed E-state index contributed by atoms with van der Waals surface area (Å²) in [5.74, 6) is 0.503. The molecule has 3 N–H and O–H groups in total. The molecule has 4 nitrogen and oxygen atoms in total. The van der Waals surface area contributed by atoms with Gasteiger partial charge in [-0.1, -0.05) is 31.2 Å². The first-order valence-corrected chi connectivity index (χ1v) is 6.46. The standard InChI is InChI=1S/C14H23N3O.HI/c1-3-9-16-14(15)17-10-12-7-5-6-8-13(12)11-18-4-2;/h5-8H,3-4,9-11H2,1-2H3,(H3,15,16,17);1H. The van der Waals surface area contributed by atoms with Crippen molar-refractivity contribution in [3.05, 3.63) is 35.4 Å². The number of hydrogen-bond acceptors (Lipinski definition) is 2. The summed E-state index contributed by atoms with van der Waals surface area (Å²) in [4.78, 5) is 4.33. The lowest BCUT2D eigenvalue weighted by Crippen LogP contribution is -2.32. The van der Waals surface area contributed by atoms with Crippen molar-refractivity contribution in [2.45, 2.75) is 33.4 Å². The Morgan fingerprint density at radius 3 is 2.58 bits per heavy atom. The van der Waals surface area contributed by atoms with Crippen LogP contribution in [-0.4, -0.2) is 19.1 Å². The largest absolute Gasteiger partial charge is 0.377 e. The van der Waals surface area contributed by atoms with Crippen LogP contribution in [0.1, 0.15) is 31.4 Å². The molecule has 0 aromatic heterocycles. The maximum atomic E-state index is 5.77. The van der Waals surface area contributed by atoms with Crippen molar-refractivity contribution in [2.24, 2.45) is 10.7 Å². The van der Waals surface area contributed by atoms with Crippen molar-refractivity contribution in [1.29, 1.82) is 0 Å². The fraction of sp³-hybridized carbons (Fsp3) is 0.500. The number of nitrogens with two attached hydrogens (primary N) is 1. The Labute approximate surface area is 132 Å². The molecule has 0 unspecified atom stereocenters. The van der Waals surface area contributed by atoms with Gasteiger partial charge in [0.2, 0.25) is 0 Å². The van der Waals surface area contributed by atoms with Gasteiger partial charge in [-0.2, -0.15) is 0 Å². The third-order valence-electron chi connectivity index (χ3n) is 2.56. The molecule has 0 aliphatic rings. The molecule has 0 aliphatic heterocycles. The summed E-state index contributed by atoms with van der Waals surface area (Å²) in [6, 6.07) is 8.15. The number of guanidine groups is 1. The SMILES string of the molecule is CCCNC(N)=NCc1ccccc1COCC.I. The Hall–Kier alpha value is -0.820. The highest BCUT2D eigenvalue weighted by Crippen LogP contribution is 2.11. The topological polar surface area (TPSA) is 59.6 Å². The number of nitrogens with one attached hydrogen (secondary N) is 1. The van der Waals surface area contributed by atoms with Gasteiger partial charge in [-0.25, -0.2) is 4.99 Å². The molecule has 0 aliphatic carbocycles. The molecule has 0 saturated carbocycles. The van der Waals surface area contributed by atoms with Gasteiger partial charge in [-0.05, 0) is 24.5 Å². The first-order chi connectivity index (χ1) is 8.77. The number of rotatable bonds is 7. The minimum Gasteiger partial charge on any atom is -0.377 e. The molecule has 1 aromatic rings. The molecular formula is C14H24IN3O. The van der Waals surface area contributed by atoms with Gasteiger partial charge in [0.25, 0.3) is 0 Å². The number of aliphatic imine (C=N–C) groups is 1. The van der Waals surface area contributed by atoms with E-state index in [1.807, 2.05) is 19.1 Å². The summed E-state index contributed by atoms with van der Waals surface area (Å²) < 4.78 is 5.44. The number of halogens is 1. The molecular weight excluding hydrogens is 353 g/mol. The first kappa shape index (κ1) is 18.2. The Kier molecular flexibility index (Phi) is 10.6. The highest BCUT2D eigenvalue weighted by Gasteiger charge is 2.01. The van der Waals surface area contributed by atoms with Crippen LogP contribution < -0.4 is 11.1 Å². The van der Waals surface area contributed by atoms with Crippen LogP contribution in [0.3, 0.4) is 0 Å². The summed E-state index contributed by atoms with van der Waals surface area (Å²) in [5, 5.41) is 3.06. The average Bonchev–Trinajstić information content (AvgIpc) is 2.41. The molecule has 0 heterocycles. The molecule has 0 bridgehead atoms. The fourth-order valence-electron chi connectivity index (χ4n) is 1.54. The van der Waals surface area contributed by atoms with Gasteiger partial charge in [0.15, 0.2) is 5.96 Å². The second-order valence-corrected chi connectivity index (χ2v) is 4.03. The van der Waals surface area contributed by atoms with Crippen LogP contribution in [0.2, 0.25) is 0 Å². The minimum atomic E-state index is 0. The molecule has 5 heteroatoms. The maximum Gasteiger partial charge on any atom is 0.188 e. The quantitative estimate of drug-likeness (QED) is 0.436. The van der Waals surface area contributed by atoms with E-state index in [0.29, 0.717) is 19.1 Å². The molecule has 0 amide bonds. The van der Waals surface area contributed by atoms with Crippen molar-refractivity contribution >= 4 is 29.9 Å². The third-order valence-corrected chi connectivity index (χ3v) is 2.56. The van der Waals surface area contributed by atoms with Crippen molar-refractivity contribution < 1.29 is 4.74 Å². The van der Waals surface area contributed by atoms with Gasteiger partial charge in [-0.3, -0.25) is 0 Å². The Morgan fingerprint density at radius 1 is 1.26 bits per heavy atom. The second-order valence-electron chi connectivity index (χ2n) is 4.03. The average molecular weight is 377 g/mol. The smallest absolute Gasteiger partial charge is 0.188 e. The van der Waals surface area contributed by atoms with Crippen LogP contribution in [-0.2, 0) is 17.9 Å². The van der Waals surface area contributed by atoms with Crippen LogP contribution in [0.15, 0.2) is 29.3 Å². The van der Waals surface area contributed by atoms with Gasteiger partial charge < -0.3 is 15.8 Å². The van der Waals surface area contributed by atoms with Crippen LogP contribution in [0.4, 0.5) is 0 Å². The number of ether oxygens (including phenoxy) is 1. The summed E-state index contributed by atoms with van der Waals surface area (Å²) in [7, 11) is 0. The minimum absolute atomic E-state index is 0. The van der Waals surface area contributed by atoms with E-state index < -0.39 is 0 Å². The van der Waals surface area contributed by atoms with Gasteiger partial charge in [0.1, 0.15) is 0 Å². The predicted molar refractivity (Wildman–Crippen MR) is 90.8 cm³/mol. The first-order valence-electron chi connectivity index (χ1n) is 6.46. The van der Waals surface area contributed by atoms with E-state index in [1.54, 1.807) is 0 Å². The van der Waals surface area contributed by atoms with Crippen LogP contribution >= 0.6 is 24.0 Å². The lowest BCUT2D eigenvalue weighted by molar-refractivity contribution is 0.133. The predicted octanol–water partition coefficient (Wildman–Crippen LogP) is 2.66. The molecule has 19 heavy (non-hydrogen) atoms. The monoisotopic (exact) mass is 377 g/mol. The molecule has 108 valence electrons. The number of benzene rings is 1. The van der Waals surface area contributed by atoms with Crippen LogP contribution in [0.5, 0.6) is 0 Å². The van der Waals surface area contributed by atoms with Crippen LogP contribution in [0, 0.1) is 0 Å². The maximum absolute atomic E-state index is 5.77. The van der Waals surface area contributed by atoms with Crippen molar-refractivity contribution in [3.63, 3.8) is 0 Å². The van der Waals surface area contributed by atoms with E-state index in [2.05, 4.69) is 29.4 Å². The molecule has 0 atom stereocenters. The highest BCUT2D eigenvalue weighted by molar-refractivity contribution is 14.0. The molecule has 0 saturated heterocycles. The van der Waals surface area contributed by atoms with Crippen molar-refractivity contribution in [1.82, 2.24) is 5.32 Å². The molecule has 1 rings (SSSR count). The summed E-state index contributed by atoms with van der Waals surface area (Å²) >= 11 is 0. The lowest BCUT2D eigenvalue weighted by Gasteiger charge is -2.08. The van der Waals surface area contributed by atoms with Gasteiger partial charge in [0, 0.05) is 13.2 Å². The summed E-state index contributed by atoms with van der Waals surface area (Å²) in [6.45, 7) is 6.88. The Morgan fingerprint density at radius 2 is 1.95 bits per heavy atom. The lowest BCUT2D eigenvalue weighted by atomic mass is 10.1. The Bertz CT molecular complexity index is 383. The second kappa shape index (κ2) is 11.0. The van der Waals surface area contributed by atoms with Crippen LogP contribution in [0.25, 0.3) is 0 Å². The molecule has 0 spiro atoms. The summed E-state index contributed by atoms with van der Waals surface area (Å²) in [5.41, 5.74) is 8.10. The van der Waals surface area contributed by atoms with Gasteiger partial charge in [0.05, 0.1) is 13.2 Å². The van der Waals surface area contributed by atoms with E-state index >= 15 is 0 Å². The zero-order valence-electron chi connectivity index (χ0n) is 11.7. The zero-order chi connectivity index (χ0) is 13.2. The van der Waals surface area contributed by atoms with Gasteiger partial charge in [-0.15, -0.1) is 24.0 Å². The van der Waals surface area contributed by atoms with E-state index in [9.17, 15) is 0 Å². The van der Waals surface area contributed by atoms with Gasteiger partial charge >= 0.3 is 0 Å². The number of nitrogens with zero attached hydrogens (tertiary/aromatic N) is 1. The zero-order valence-corrected chi connectivity index (χ0v) is 14.0. The highest BCUT2D eigenvalue weighted by atomic mass is 127.